The van der Waals surface area contributed by atoms with Crippen LogP contribution in [0.2, 0.25) is 0 Å². The van der Waals surface area contributed by atoms with Crippen molar-refractivity contribution in [1.29, 1.82) is 0 Å². The van der Waals surface area contributed by atoms with Crippen LogP contribution in [-0.4, -0.2) is 10.5 Å². The number of carbonyl (C=O) groups is 1. The first-order chi connectivity index (χ1) is 10.2. The molecule has 0 bridgehead atoms. The van der Waals surface area contributed by atoms with Crippen molar-refractivity contribution < 1.29 is 4.79 Å². The van der Waals surface area contributed by atoms with Crippen molar-refractivity contribution in [3.8, 4) is 5.69 Å². The molecule has 3 rings (SSSR count). The molecule has 108 valence electrons. The van der Waals surface area contributed by atoms with Gasteiger partial charge in [0.2, 0.25) is 5.91 Å². The van der Waals surface area contributed by atoms with Crippen LogP contribution in [0.3, 0.4) is 0 Å². The predicted molar refractivity (Wildman–Crippen MR) is 82.6 cm³/mol. The zero-order valence-corrected chi connectivity index (χ0v) is 11.8. The van der Waals surface area contributed by atoms with Crippen LogP contribution in [0.15, 0.2) is 53.5 Å². The molecule has 1 aliphatic rings. The monoisotopic (exact) mass is 282 g/mol. The molecular formula is C17H18N2O2. The molecule has 1 heterocycles. The lowest BCUT2D eigenvalue weighted by Crippen LogP contribution is -2.22. The van der Waals surface area contributed by atoms with Crippen LogP contribution in [0.1, 0.15) is 25.7 Å². The Morgan fingerprint density at radius 2 is 1.76 bits per heavy atom. The minimum absolute atomic E-state index is 0.0609. The Kier molecular flexibility index (Phi) is 3.86. The third-order valence-corrected chi connectivity index (χ3v) is 3.94. The van der Waals surface area contributed by atoms with E-state index in [1.54, 1.807) is 16.8 Å². The van der Waals surface area contributed by atoms with Gasteiger partial charge in [0, 0.05) is 23.9 Å². The Hall–Kier alpha value is -2.36. The number of benzene rings is 1. The van der Waals surface area contributed by atoms with E-state index in [4.69, 9.17) is 0 Å². The minimum atomic E-state index is -0.111. The van der Waals surface area contributed by atoms with Crippen molar-refractivity contribution in [2.45, 2.75) is 25.7 Å². The van der Waals surface area contributed by atoms with E-state index < -0.39 is 0 Å². The Balaban J connectivity index is 1.84. The van der Waals surface area contributed by atoms with Crippen LogP contribution >= 0.6 is 0 Å². The number of nitrogens with one attached hydrogen (secondary N) is 1. The maximum absolute atomic E-state index is 12.1. The number of pyridine rings is 1. The van der Waals surface area contributed by atoms with E-state index in [1.165, 1.54) is 6.07 Å². The zero-order valence-electron chi connectivity index (χ0n) is 11.8. The van der Waals surface area contributed by atoms with E-state index in [2.05, 4.69) is 5.32 Å². The molecule has 0 saturated heterocycles. The first-order valence-electron chi connectivity index (χ1n) is 7.33. The van der Waals surface area contributed by atoms with Gasteiger partial charge in [-0.25, -0.2) is 0 Å². The summed E-state index contributed by atoms with van der Waals surface area (Å²) in [5, 5.41) is 2.92. The summed E-state index contributed by atoms with van der Waals surface area (Å²) in [5.74, 6) is 0.174. The topological polar surface area (TPSA) is 51.1 Å². The first kappa shape index (κ1) is 13.6. The van der Waals surface area contributed by atoms with E-state index in [1.807, 2.05) is 30.3 Å². The summed E-state index contributed by atoms with van der Waals surface area (Å²) in [6.45, 7) is 0. The molecule has 1 saturated carbocycles. The van der Waals surface area contributed by atoms with E-state index in [9.17, 15) is 9.59 Å². The van der Waals surface area contributed by atoms with Crippen LogP contribution in [0.4, 0.5) is 5.69 Å². The van der Waals surface area contributed by atoms with Crippen molar-refractivity contribution in [3.63, 3.8) is 0 Å². The number of amides is 1. The highest BCUT2D eigenvalue weighted by atomic mass is 16.2. The van der Waals surface area contributed by atoms with Crippen LogP contribution in [0.5, 0.6) is 0 Å². The molecule has 0 spiro atoms. The predicted octanol–water partition coefficient (Wildman–Crippen LogP) is 2.97. The van der Waals surface area contributed by atoms with Crippen LogP contribution in [0, 0.1) is 5.92 Å². The number of aromatic nitrogens is 1. The number of hydrogen-bond acceptors (Lipinski definition) is 2. The van der Waals surface area contributed by atoms with E-state index in [0.29, 0.717) is 5.69 Å². The fourth-order valence-corrected chi connectivity index (χ4v) is 2.78. The fourth-order valence-electron chi connectivity index (χ4n) is 2.78. The van der Waals surface area contributed by atoms with Crippen LogP contribution in [-0.2, 0) is 4.79 Å². The molecule has 21 heavy (non-hydrogen) atoms. The summed E-state index contributed by atoms with van der Waals surface area (Å²) < 4.78 is 1.55. The number of hydrogen-bond donors (Lipinski definition) is 1. The summed E-state index contributed by atoms with van der Waals surface area (Å²) in [5.41, 5.74) is 1.34. The average Bonchev–Trinajstić information content (AvgIpc) is 3.04. The molecule has 1 amide bonds. The van der Waals surface area contributed by atoms with Gasteiger partial charge in [-0.05, 0) is 31.0 Å². The molecule has 4 nitrogen and oxygen atoms in total. The van der Waals surface area contributed by atoms with Crippen molar-refractivity contribution in [2.24, 2.45) is 5.92 Å². The Morgan fingerprint density at radius 1 is 1.05 bits per heavy atom. The smallest absolute Gasteiger partial charge is 0.255 e. The van der Waals surface area contributed by atoms with Gasteiger partial charge in [0.15, 0.2) is 0 Å². The molecule has 1 fully saturated rings. The van der Waals surface area contributed by atoms with Gasteiger partial charge in [-0.15, -0.1) is 0 Å². The molecule has 0 aliphatic heterocycles. The Bertz CT molecular complexity index is 685. The molecule has 0 atom stereocenters. The normalized spacial score (nSPS) is 15.0. The highest BCUT2D eigenvalue weighted by Crippen LogP contribution is 2.25. The highest BCUT2D eigenvalue weighted by molar-refractivity contribution is 5.92. The quantitative estimate of drug-likeness (QED) is 0.941. The average molecular weight is 282 g/mol. The van der Waals surface area contributed by atoms with Crippen molar-refractivity contribution >= 4 is 11.6 Å². The van der Waals surface area contributed by atoms with Crippen LogP contribution < -0.4 is 10.9 Å². The largest absolute Gasteiger partial charge is 0.325 e. The summed E-state index contributed by atoms with van der Waals surface area (Å²) in [6, 6.07) is 12.5. The third-order valence-electron chi connectivity index (χ3n) is 3.94. The van der Waals surface area contributed by atoms with Gasteiger partial charge in [-0.2, -0.15) is 0 Å². The Labute approximate surface area is 123 Å². The molecule has 1 aromatic heterocycles. The summed E-state index contributed by atoms with van der Waals surface area (Å²) in [4.78, 5) is 24.1. The van der Waals surface area contributed by atoms with E-state index >= 15 is 0 Å². The highest BCUT2D eigenvalue weighted by Gasteiger charge is 2.22. The van der Waals surface area contributed by atoms with Gasteiger partial charge in [0.05, 0.1) is 5.69 Å². The second-order valence-corrected chi connectivity index (χ2v) is 5.43. The molecule has 1 aliphatic carbocycles. The lowest BCUT2D eigenvalue weighted by molar-refractivity contribution is -0.119. The number of nitrogens with zero attached hydrogens (tertiary/aromatic N) is 1. The summed E-state index contributed by atoms with van der Waals surface area (Å²) in [6.07, 6.45) is 5.86. The summed E-state index contributed by atoms with van der Waals surface area (Å²) in [7, 11) is 0. The molecule has 1 N–H and O–H groups in total. The van der Waals surface area contributed by atoms with Gasteiger partial charge in [0.1, 0.15) is 0 Å². The number of carbonyl (C=O) groups excluding carboxylic acids is 1. The number of para-hydroxylation sites is 1. The first-order valence-corrected chi connectivity index (χ1v) is 7.33. The zero-order chi connectivity index (χ0) is 14.7. The van der Waals surface area contributed by atoms with E-state index in [0.717, 1.165) is 31.4 Å². The lowest BCUT2D eigenvalue weighted by atomic mass is 10.1. The maximum atomic E-state index is 12.1. The Morgan fingerprint density at radius 3 is 2.48 bits per heavy atom. The standard InChI is InChI=1S/C17H18N2O2/c20-16-11-10-14(18-17(21)13-6-4-5-7-13)12-19(16)15-8-2-1-3-9-15/h1-3,8-13H,4-7H2,(H,18,21). The maximum Gasteiger partial charge on any atom is 0.255 e. The number of anilines is 1. The second kappa shape index (κ2) is 5.95. The van der Waals surface area contributed by atoms with Gasteiger partial charge in [-0.3, -0.25) is 14.2 Å². The molecule has 1 aromatic carbocycles. The van der Waals surface area contributed by atoms with Gasteiger partial charge in [-0.1, -0.05) is 31.0 Å². The van der Waals surface area contributed by atoms with E-state index in [-0.39, 0.29) is 17.4 Å². The molecule has 0 radical (unpaired) electrons. The number of rotatable bonds is 3. The SMILES string of the molecule is O=C(Nc1ccc(=O)n(-c2ccccc2)c1)C1CCCC1. The third kappa shape index (κ3) is 3.05. The van der Waals surface area contributed by atoms with Crippen LogP contribution in [0.25, 0.3) is 5.69 Å². The van der Waals surface area contributed by atoms with Gasteiger partial charge in [0.25, 0.3) is 5.56 Å². The minimum Gasteiger partial charge on any atom is -0.325 e. The lowest BCUT2D eigenvalue weighted by Gasteiger charge is -2.12. The summed E-state index contributed by atoms with van der Waals surface area (Å²) >= 11 is 0. The second-order valence-electron chi connectivity index (χ2n) is 5.43. The molecule has 0 unspecified atom stereocenters. The molecule has 2 aromatic rings. The van der Waals surface area contributed by atoms with Crippen molar-refractivity contribution in [2.75, 3.05) is 5.32 Å². The molecular weight excluding hydrogens is 264 g/mol. The fraction of sp³-hybridized carbons (Fsp3) is 0.294. The van der Waals surface area contributed by atoms with Gasteiger partial charge >= 0.3 is 0 Å². The van der Waals surface area contributed by atoms with Crippen molar-refractivity contribution in [3.05, 3.63) is 59.0 Å². The molecule has 4 heteroatoms. The van der Waals surface area contributed by atoms with Gasteiger partial charge < -0.3 is 5.32 Å². The van der Waals surface area contributed by atoms with Crippen molar-refractivity contribution in [1.82, 2.24) is 4.57 Å².